The van der Waals surface area contributed by atoms with Crippen LogP contribution in [0.1, 0.15) is 33.3 Å². The number of halogens is 2. The van der Waals surface area contributed by atoms with Gasteiger partial charge in [0.2, 0.25) is 0 Å². The van der Waals surface area contributed by atoms with Crippen LogP contribution in [0.3, 0.4) is 0 Å². The predicted molar refractivity (Wildman–Crippen MR) is 112 cm³/mol. The van der Waals surface area contributed by atoms with E-state index in [9.17, 15) is 14.0 Å². The van der Waals surface area contributed by atoms with Crippen LogP contribution in [-0.2, 0) is 6.54 Å². The number of aromatic nitrogens is 2. The summed E-state index contributed by atoms with van der Waals surface area (Å²) in [6.07, 6.45) is 1.42. The van der Waals surface area contributed by atoms with Gasteiger partial charge in [-0.25, -0.2) is 14.4 Å². The number of nitrogen functional groups attached to an aromatic ring is 1. The molecule has 30 heavy (non-hydrogen) atoms. The molecule has 0 saturated carbocycles. The highest BCUT2D eigenvalue weighted by Gasteiger charge is 2.15. The molecular formula is C21H19ClFN5O2. The highest BCUT2D eigenvalue weighted by molar-refractivity contribution is 6.31. The molecule has 0 fully saturated rings. The Balaban J connectivity index is 1.82. The van der Waals surface area contributed by atoms with Crippen LogP contribution in [0, 0.1) is 5.82 Å². The molecule has 4 N–H and O–H groups in total. The zero-order valence-corrected chi connectivity index (χ0v) is 16.8. The molecule has 3 aromatic rings. The molecule has 154 valence electrons. The summed E-state index contributed by atoms with van der Waals surface area (Å²) >= 11 is 5.99. The molecule has 0 radical (unpaired) electrons. The quantitative estimate of drug-likeness (QED) is 0.559. The van der Waals surface area contributed by atoms with Gasteiger partial charge in [-0.05, 0) is 31.2 Å². The Morgan fingerprint density at radius 1 is 1.13 bits per heavy atom. The fourth-order valence-electron chi connectivity index (χ4n) is 2.74. The summed E-state index contributed by atoms with van der Waals surface area (Å²) in [7, 11) is 0. The standard InChI is InChI=1S/C21H19ClFN5O2/c1-2-25-21(30)18-19(24)26-11-17(28-18)12-5-3-6-13(9-12)20(29)27-10-14-15(22)7-4-8-16(14)23/h3-9,11H,2,10H2,1H3,(H2,24,26)(H,25,30)(H,27,29). The molecule has 1 heterocycles. The second-order valence-electron chi connectivity index (χ2n) is 6.31. The Hall–Kier alpha value is -3.52. The lowest BCUT2D eigenvalue weighted by Crippen LogP contribution is -2.25. The van der Waals surface area contributed by atoms with Crippen molar-refractivity contribution in [2.24, 2.45) is 0 Å². The number of nitrogens with zero attached hydrogens (tertiary/aromatic N) is 2. The first-order valence-electron chi connectivity index (χ1n) is 9.13. The highest BCUT2D eigenvalue weighted by Crippen LogP contribution is 2.21. The van der Waals surface area contributed by atoms with Gasteiger partial charge in [0.15, 0.2) is 11.5 Å². The van der Waals surface area contributed by atoms with Crippen molar-refractivity contribution in [1.29, 1.82) is 0 Å². The third-order valence-electron chi connectivity index (χ3n) is 4.26. The third-order valence-corrected chi connectivity index (χ3v) is 4.62. The summed E-state index contributed by atoms with van der Waals surface area (Å²) in [5.74, 6) is -1.32. The van der Waals surface area contributed by atoms with Crippen molar-refractivity contribution < 1.29 is 14.0 Å². The zero-order chi connectivity index (χ0) is 21.7. The minimum absolute atomic E-state index is 0.0124. The van der Waals surface area contributed by atoms with Gasteiger partial charge in [-0.15, -0.1) is 0 Å². The van der Waals surface area contributed by atoms with Gasteiger partial charge < -0.3 is 16.4 Å². The molecule has 3 rings (SSSR count). The summed E-state index contributed by atoms with van der Waals surface area (Å²) in [5.41, 5.74) is 7.27. The van der Waals surface area contributed by atoms with Crippen molar-refractivity contribution in [1.82, 2.24) is 20.6 Å². The van der Waals surface area contributed by atoms with E-state index in [1.165, 1.54) is 18.3 Å². The van der Waals surface area contributed by atoms with E-state index in [0.717, 1.165) is 0 Å². The third kappa shape index (κ3) is 4.72. The van der Waals surface area contributed by atoms with E-state index in [4.69, 9.17) is 17.3 Å². The van der Waals surface area contributed by atoms with Crippen LogP contribution < -0.4 is 16.4 Å². The first-order valence-corrected chi connectivity index (χ1v) is 9.50. The lowest BCUT2D eigenvalue weighted by atomic mass is 10.1. The molecule has 0 spiro atoms. The SMILES string of the molecule is CCNC(=O)c1nc(-c2cccc(C(=O)NCc3c(F)cccc3Cl)c2)cnc1N. The predicted octanol–water partition coefficient (Wildman–Crippen LogP) is 3.20. The fourth-order valence-corrected chi connectivity index (χ4v) is 2.97. The average Bonchev–Trinajstić information content (AvgIpc) is 2.74. The molecule has 7 nitrogen and oxygen atoms in total. The Kier molecular flexibility index (Phi) is 6.58. The molecule has 0 saturated heterocycles. The van der Waals surface area contributed by atoms with Crippen molar-refractivity contribution in [2.75, 3.05) is 12.3 Å². The second-order valence-corrected chi connectivity index (χ2v) is 6.72. The summed E-state index contributed by atoms with van der Waals surface area (Å²) in [6, 6.07) is 10.9. The molecule has 0 aliphatic carbocycles. The van der Waals surface area contributed by atoms with E-state index < -0.39 is 17.6 Å². The van der Waals surface area contributed by atoms with Crippen LogP contribution in [0.2, 0.25) is 5.02 Å². The topological polar surface area (TPSA) is 110 Å². The molecule has 2 aromatic carbocycles. The normalized spacial score (nSPS) is 10.5. The van der Waals surface area contributed by atoms with Gasteiger partial charge in [0.05, 0.1) is 11.9 Å². The smallest absolute Gasteiger partial charge is 0.273 e. The Bertz CT molecular complexity index is 1090. The number of anilines is 1. The fraction of sp³-hybridized carbons (Fsp3) is 0.143. The lowest BCUT2D eigenvalue weighted by molar-refractivity contribution is 0.0942. The van der Waals surface area contributed by atoms with Crippen molar-refractivity contribution in [3.8, 4) is 11.3 Å². The Morgan fingerprint density at radius 2 is 1.90 bits per heavy atom. The van der Waals surface area contributed by atoms with E-state index in [1.807, 2.05) is 0 Å². The van der Waals surface area contributed by atoms with E-state index in [-0.39, 0.29) is 28.6 Å². The molecular weight excluding hydrogens is 409 g/mol. The van der Waals surface area contributed by atoms with Crippen molar-refractivity contribution in [2.45, 2.75) is 13.5 Å². The van der Waals surface area contributed by atoms with Crippen LogP contribution in [0.25, 0.3) is 11.3 Å². The number of carbonyl (C=O) groups excluding carboxylic acids is 2. The second kappa shape index (κ2) is 9.32. The molecule has 0 unspecified atom stereocenters. The van der Waals surface area contributed by atoms with Crippen LogP contribution in [0.5, 0.6) is 0 Å². The number of nitrogens with one attached hydrogen (secondary N) is 2. The van der Waals surface area contributed by atoms with E-state index in [1.54, 1.807) is 37.3 Å². The van der Waals surface area contributed by atoms with Gasteiger partial charge in [-0.2, -0.15) is 0 Å². The maximum atomic E-state index is 13.9. The van der Waals surface area contributed by atoms with Gasteiger partial charge in [-0.3, -0.25) is 9.59 Å². The minimum Gasteiger partial charge on any atom is -0.382 e. The molecule has 0 bridgehead atoms. The van der Waals surface area contributed by atoms with E-state index in [2.05, 4.69) is 20.6 Å². The molecule has 0 atom stereocenters. The molecule has 0 aliphatic heterocycles. The van der Waals surface area contributed by atoms with Crippen LogP contribution in [0.4, 0.5) is 10.2 Å². The molecule has 0 aliphatic rings. The van der Waals surface area contributed by atoms with Gasteiger partial charge in [0.25, 0.3) is 11.8 Å². The Morgan fingerprint density at radius 3 is 2.63 bits per heavy atom. The van der Waals surface area contributed by atoms with Gasteiger partial charge >= 0.3 is 0 Å². The number of carbonyl (C=O) groups is 2. The minimum atomic E-state index is -0.494. The number of rotatable bonds is 6. The maximum absolute atomic E-state index is 13.9. The first kappa shape index (κ1) is 21.2. The number of hydrogen-bond acceptors (Lipinski definition) is 5. The van der Waals surface area contributed by atoms with Crippen LogP contribution >= 0.6 is 11.6 Å². The van der Waals surface area contributed by atoms with Gasteiger partial charge in [0, 0.05) is 34.8 Å². The number of benzene rings is 2. The van der Waals surface area contributed by atoms with E-state index >= 15 is 0 Å². The molecule has 1 aromatic heterocycles. The highest BCUT2D eigenvalue weighted by atomic mass is 35.5. The van der Waals surface area contributed by atoms with Crippen LogP contribution in [0.15, 0.2) is 48.7 Å². The summed E-state index contributed by atoms with van der Waals surface area (Å²) < 4.78 is 13.9. The largest absolute Gasteiger partial charge is 0.382 e. The van der Waals surface area contributed by atoms with E-state index in [0.29, 0.717) is 23.4 Å². The van der Waals surface area contributed by atoms with Gasteiger partial charge in [-0.1, -0.05) is 29.8 Å². The van der Waals surface area contributed by atoms with Crippen molar-refractivity contribution >= 4 is 29.2 Å². The number of hydrogen-bond donors (Lipinski definition) is 3. The average molecular weight is 428 g/mol. The van der Waals surface area contributed by atoms with Gasteiger partial charge in [0.1, 0.15) is 5.82 Å². The van der Waals surface area contributed by atoms with Crippen molar-refractivity contribution in [3.63, 3.8) is 0 Å². The number of nitrogens with two attached hydrogens (primary N) is 1. The van der Waals surface area contributed by atoms with Crippen molar-refractivity contribution in [3.05, 3.63) is 76.3 Å². The monoisotopic (exact) mass is 427 g/mol. The maximum Gasteiger partial charge on any atom is 0.273 e. The summed E-state index contributed by atoms with van der Waals surface area (Å²) in [5, 5.41) is 5.51. The summed E-state index contributed by atoms with van der Waals surface area (Å²) in [4.78, 5) is 32.9. The lowest BCUT2D eigenvalue weighted by Gasteiger charge is -2.10. The first-order chi connectivity index (χ1) is 14.4. The van der Waals surface area contributed by atoms with Crippen LogP contribution in [-0.4, -0.2) is 28.3 Å². The Labute approximate surface area is 177 Å². The number of amides is 2. The zero-order valence-electron chi connectivity index (χ0n) is 16.1. The molecule has 9 heteroatoms. The molecule has 2 amide bonds. The summed E-state index contributed by atoms with van der Waals surface area (Å²) in [6.45, 7) is 2.14.